The standard InChI is InChI=1S/C9H10O3.C6H10ClNO/c1-2-12-8-5-3-7(4-6-8)9(10)11;7-5-3-1-2-4-6(5)8-9/h3-6H,2H2,1H3,(H,10,11);5,9H,1-4H2. The minimum Gasteiger partial charge on any atom is -0.494 e. The van der Waals surface area contributed by atoms with Crippen molar-refractivity contribution in [1.29, 1.82) is 0 Å². The van der Waals surface area contributed by atoms with Crippen LogP contribution in [0.15, 0.2) is 29.4 Å². The highest BCUT2D eigenvalue weighted by Gasteiger charge is 2.17. The highest BCUT2D eigenvalue weighted by Crippen LogP contribution is 2.19. The molecule has 0 amide bonds. The number of hydrogen-bond acceptors (Lipinski definition) is 4. The quantitative estimate of drug-likeness (QED) is 0.505. The number of carboxylic acids is 1. The molecule has 5 nitrogen and oxygen atoms in total. The average molecular weight is 314 g/mol. The van der Waals surface area contributed by atoms with Gasteiger partial charge in [0.1, 0.15) is 5.75 Å². The molecule has 1 fully saturated rings. The van der Waals surface area contributed by atoms with E-state index in [0.717, 1.165) is 31.4 Å². The van der Waals surface area contributed by atoms with E-state index in [1.165, 1.54) is 12.1 Å². The molecule has 1 saturated carbocycles. The summed E-state index contributed by atoms with van der Waals surface area (Å²) in [6.45, 7) is 2.47. The molecule has 2 N–H and O–H groups in total. The maximum Gasteiger partial charge on any atom is 0.335 e. The predicted molar refractivity (Wildman–Crippen MR) is 81.9 cm³/mol. The Morgan fingerprint density at radius 3 is 2.48 bits per heavy atom. The Hall–Kier alpha value is -1.75. The first kappa shape index (κ1) is 17.3. The van der Waals surface area contributed by atoms with Gasteiger partial charge in [0.25, 0.3) is 0 Å². The van der Waals surface area contributed by atoms with Crippen LogP contribution in [-0.4, -0.2) is 34.0 Å². The van der Waals surface area contributed by atoms with Crippen LogP contribution in [0.4, 0.5) is 0 Å². The Bertz CT molecular complexity index is 473. The van der Waals surface area contributed by atoms with Crippen molar-refractivity contribution >= 4 is 23.3 Å². The van der Waals surface area contributed by atoms with Gasteiger partial charge in [-0.2, -0.15) is 0 Å². The first-order chi connectivity index (χ1) is 10.1. The number of oxime groups is 1. The van der Waals surface area contributed by atoms with Gasteiger partial charge in [0.2, 0.25) is 0 Å². The van der Waals surface area contributed by atoms with E-state index in [-0.39, 0.29) is 10.9 Å². The number of alkyl halides is 1. The minimum atomic E-state index is -0.918. The van der Waals surface area contributed by atoms with Gasteiger partial charge in [-0.3, -0.25) is 0 Å². The zero-order valence-corrected chi connectivity index (χ0v) is 12.7. The summed E-state index contributed by atoms with van der Waals surface area (Å²) in [6, 6.07) is 6.33. The molecule has 0 aromatic heterocycles. The largest absolute Gasteiger partial charge is 0.494 e. The van der Waals surface area contributed by atoms with E-state index < -0.39 is 5.97 Å². The lowest BCUT2D eigenvalue weighted by atomic mass is 9.98. The fourth-order valence-electron chi connectivity index (χ4n) is 1.93. The molecule has 21 heavy (non-hydrogen) atoms. The summed E-state index contributed by atoms with van der Waals surface area (Å²) in [5.41, 5.74) is 1.03. The molecule has 116 valence electrons. The molecule has 0 heterocycles. The minimum absolute atomic E-state index is 0.0104. The fourth-order valence-corrected chi connectivity index (χ4v) is 2.23. The molecule has 2 rings (SSSR count). The summed E-state index contributed by atoms with van der Waals surface area (Å²) in [5.74, 6) is -0.222. The molecule has 1 aliphatic carbocycles. The van der Waals surface area contributed by atoms with Gasteiger partial charge in [0.05, 0.1) is 23.3 Å². The Morgan fingerprint density at radius 1 is 1.38 bits per heavy atom. The second-order valence-electron chi connectivity index (χ2n) is 4.57. The highest BCUT2D eigenvalue weighted by atomic mass is 35.5. The first-order valence-corrected chi connectivity index (χ1v) is 7.33. The summed E-state index contributed by atoms with van der Waals surface area (Å²) in [6.07, 6.45) is 4.10. The van der Waals surface area contributed by atoms with E-state index in [4.69, 9.17) is 26.7 Å². The number of benzene rings is 1. The summed E-state index contributed by atoms with van der Waals surface area (Å²) in [5, 5.41) is 20.0. The third-order valence-electron chi connectivity index (χ3n) is 3.04. The van der Waals surface area contributed by atoms with Crippen molar-refractivity contribution in [2.45, 2.75) is 38.0 Å². The zero-order chi connectivity index (χ0) is 15.7. The molecule has 0 spiro atoms. The van der Waals surface area contributed by atoms with E-state index in [9.17, 15) is 4.79 Å². The zero-order valence-electron chi connectivity index (χ0n) is 12.0. The number of carbonyl (C=O) groups is 1. The Balaban J connectivity index is 0.000000219. The topological polar surface area (TPSA) is 79.1 Å². The SMILES string of the molecule is CCOc1ccc(C(=O)O)cc1.ON=C1CCCCC1Cl. The molecular formula is C15H20ClNO4. The van der Waals surface area contributed by atoms with Gasteiger partial charge in [-0.1, -0.05) is 11.6 Å². The number of carboxylic acid groups (broad SMARTS) is 1. The summed E-state index contributed by atoms with van der Waals surface area (Å²) < 4.78 is 5.15. The molecule has 1 atom stereocenters. The van der Waals surface area contributed by atoms with Crippen LogP contribution in [-0.2, 0) is 0 Å². The Kier molecular flexibility index (Phi) is 7.61. The van der Waals surface area contributed by atoms with Gasteiger partial charge in [-0.25, -0.2) is 4.79 Å². The van der Waals surface area contributed by atoms with E-state index in [1.807, 2.05) is 6.92 Å². The highest BCUT2D eigenvalue weighted by molar-refractivity contribution is 6.32. The van der Waals surface area contributed by atoms with Crippen molar-refractivity contribution in [2.75, 3.05) is 6.61 Å². The van der Waals surface area contributed by atoms with Crippen molar-refractivity contribution in [3.8, 4) is 5.75 Å². The van der Waals surface area contributed by atoms with Crippen LogP contribution in [0.5, 0.6) is 5.75 Å². The third kappa shape index (κ3) is 6.04. The number of aromatic carboxylic acids is 1. The second-order valence-corrected chi connectivity index (χ2v) is 5.09. The fraction of sp³-hybridized carbons (Fsp3) is 0.467. The van der Waals surface area contributed by atoms with Gasteiger partial charge in [0, 0.05) is 0 Å². The van der Waals surface area contributed by atoms with Gasteiger partial charge in [0.15, 0.2) is 0 Å². The molecule has 0 bridgehead atoms. The van der Waals surface area contributed by atoms with E-state index in [2.05, 4.69) is 5.16 Å². The van der Waals surface area contributed by atoms with Crippen LogP contribution < -0.4 is 4.74 Å². The summed E-state index contributed by atoms with van der Waals surface area (Å²) >= 11 is 5.79. The second kappa shape index (κ2) is 9.23. The third-order valence-corrected chi connectivity index (χ3v) is 3.51. The lowest BCUT2D eigenvalue weighted by molar-refractivity contribution is 0.0697. The molecule has 6 heteroatoms. The number of hydrogen-bond donors (Lipinski definition) is 2. The number of rotatable bonds is 3. The number of halogens is 1. The number of ether oxygens (including phenoxy) is 1. The van der Waals surface area contributed by atoms with Crippen LogP contribution in [0.1, 0.15) is 43.0 Å². The Morgan fingerprint density at radius 2 is 2.05 bits per heavy atom. The van der Waals surface area contributed by atoms with Gasteiger partial charge >= 0.3 is 5.97 Å². The molecular weight excluding hydrogens is 294 g/mol. The van der Waals surface area contributed by atoms with Crippen LogP contribution >= 0.6 is 11.6 Å². The smallest absolute Gasteiger partial charge is 0.335 e. The molecule has 1 unspecified atom stereocenters. The van der Waals surface area contributed by atoms with Crippen LogP contribution in [0.25, 0.3) is 0 Å². The molecule has 0 saturated heterocycles. The lowest BCUT2D eigenvalue weighted by Gasteiger charge is -2.15. The van der Waals surface area contributed by atoms with Crippen molar-refractivity contribution in [3.63, 3.8) is 0 Å². The van der Waals surface area contributed by atoms with E-state index >= 15 is 0 Å². The summed E-state index contributed by atoms with van der Waals surface area (Å²) in [7, 11) is 0. The maximum atomic E-state index is 10.4. The van der Waals surface area contributed by atoms with Crippen molar-refractivity contribution in [2.24, 2.45) is 5.16 Å². The van der Waals surface area contributed by atoms with Crippen molar-refractivity contribution in [3.05, 3.63) is 29.8 Å². The average Bonchev–Trinajstić information content (AvgIpc) is 2.49. The van der Waals surface area contributed by atoms with Crippen LogP contribution in [0.2, 0.25) is 0 Å². The van der Waals surface area contributed by atoms with E-state index in [0.29, 0.717) is 12.4 Å². The normalized spacial score (nSPS) is 19.5. The monoisotopic (exact) mass is 313 g/mol. The molecule has 1 aromatic rings. The van der Waals surface area contributed by atoms with Crippen LogP contribution in [0.3, 0.4) is 0 Å². The molecule has 0 aliphatic heterocycles. The van der Waals surface area contributed by atoms with Crippen LogP contribution in [0, 0.1) is 0 Å². The van der Waals surface area contributed by atoms with Crippen molar-refractivity contribution < 1.29 is 19.8 Å². The van der Waals surface area contributed by atoms with Crippen molar-refractivity contribution in [1.82, 2.24) is 0 Å². The molecule has 0 radical (unpaired) electrons. The lowest BCUT2D eigenvalue weighted by Crippen LogP contribution is -2.18. The first-order valence-electron chi connectivity index (χ1n) is 6.89. The summed E-state index contributed by atoms with van der Waals surface area (Å²) in [4.78, 5) is 10.4. The Labute approximate surface area is 129 Å². The predicted octanol–water partition coefficient (Wildman–Crippen LogP) is 3.78. The van der Waals surface area contributed by atoms with Gasteiger partial charge in [-0.15, -0.1) is 11.6 Å². The molecule has 1 aliphatic rings. The maximum absolute atomic E-state index is 10.4. The molecule has 1 aromatic carbocycles. The van der Waals surface area contributed by atoms with E-state index in [1.54, 1.807) is 12.1 Å². The number of nitrogens with zero attached hydrogens (tertiary/aromatic N) is 1. The van der Waals surface area contributed by atoms with Gasteiger partial charge < -0.3 is 15.1 Å². The van der Waals surface area contributed by atoms with Gasteiger partial charge in [-0.05, 0) is 50.5 Å².